The molecule has 3 aromatic carbocycles. The highest BCUT2D eigenvalue weighted by Crippen LogP contribution is 2.24. The van der Waals surface area contributed by atoms with Crippen LogP contribution in [0.4, 0.5) is 0 Å². The van der Waals surface area contributed by atoms with E-state index in [-0.39, 0.29) is 5.69 Å². The van der Waals surface area contributed by atoms with Crippen LogP contribution in [0.25, 0.3) is 11.3 Å². The summed E-state index contributed by atoms with van der Waals surface area (Å²) in [4.78, 5) is 23.9. The largest absolute Gasteiger partial charge is 0.489 e. The molecule has 0 aliphatic carbocycles. The van der Waals surface area contributed by atoms with Crippen molar-refractivity contribution in [3.05, 3.63) is 106 Å². The number of H-pyrrole nitrogens is 1. The van der Waals surface area contributed by atoms with Crippen LogP contribution in [0.3, 0.4) is 0 Å². The van der Waals surface area contributed by atoms with Crippen molar-refractivity contribution in [3.63, 3.8) is 0 Å². The lowest BCUT2D eigenvalue weighted by Gasteiger charge is -2.08. The van der Waals surface area contributed by atoms with Gasteiger partial charge in [-0.2, -0.15) is 10.2 Å². The zero-order valence-electron chi connectivity index (χ0n) is 18.7. The van der Waals surface area contributed by atoms with Gasteiger partial charge in [-0.25, -0.2) is 10.2 Å². The number of nitrogens with one attached hydrogen (secondary N) is 2. The van der Waals surface area contributed by atoms with Crippen LogP contribution in [0.5, 0.6) is 5.75 Å². The van der Waals surface area contributed by atoms with E-state index < -0.39 is 11.9 Å². The first kappa shape index (κ1) is 23.7. The molecule has 9 heteroatoms. The summed E-state index contributed by atoms with van der Waals surface area (Å²) in [6, 6.07) is 23.1. The van der Waals surface area contributed by atoms with Crippen molar-refractivity contribution in [1.82, 2.24) is 15.6 Å². The molecular weight excluding hydrogens is 468 g/mol. The third-order valence-corrected chi connectivity index (χ3v) is 5.38. The molecule has 35 heavy (non-hydrogen) atoms. The second kappa shape index (κ2) is 11.1. The summed E-state index contributed by atoms with van der Waals surface area (Å²) < 4.78 is 10.5. The van der Waals surface area contributed by atoms with E-state index in [4.69, 9.17) is 16.3 Å². The molecule has 1 heterocycles. The highest BCUT2D eigenvalue weighted by molar-refractivity contribution is 6.31. The smallest absolute Gasteiger partial charge is 0.337 e. The van der Waals surface area contributed by atoms with Crippen LogP contribution in [0.1, 0.15) is 32.0 Å². The number of nitrogens with zero attached hydrogens (tertiary/aromatic N) is 2. The first-order valence-electron chi connectivity index (χ1n) is 10.6. The van der Waals surface area contributed by atoms with Gasteiger partial charge in [0.2, 0.25) is 0 Å². The summed E-state index contributed by atoms with van der Waals surface area (Å²) in [6.07, 6.45) is 1.47. The average Bonchev–Trinajstić information content (AvgIpc) is 3.39. The van der Waals surface area contributed by atoms with Gasteiger partial charge in [0, 0.05) is 16.1 Å². The van der Waals surface area contributed by atoms with Gasteiger partial charge < -0.3 is 9.47 Å². The van der Waals surface area contributed by atoms with Crippen LogP contribution in [0, 0.1) is 0 Å². The number of carbonyl (C=O) groups excluding carboxylic acids is 2. The number of aromatic nitrogens is 2. The Morgan fingerprint density at radius 2 is 1.86 bits per heavy atom. The topological polar surface area (TPSA) is 106 Å². The van der Waals surface area contributed by atoms with Crippen molar-refractivity contribution in [2.45, 2.75) is 6.61 Å². The maximum Gasteiger partial charge on any atom is 0.337 e. The van der Waals surface area contributed by atoms with Gasteiger partial charge >= 0.3 is 5.97 Å². The number of ether oxygens (including phenoxy) is 2. The molecule has 4 aromatic rings. The van der Waals surface area contributed by atoms with Gasteiger partial charge in [-0.15, -0.1) is 0 Å². The number of aromatic amines is 1. The molecule has 0 aliphatic rings. The van der Waals surface area contributed by atoms with Crippen LogP contribution in [-0.2, 0) is 11.3 Å². The summed E-state index contributed by atoms with van der Waals surface area (Å²) >= 11 is 6.19. The molecule has 0 aliphatic heterocycles. The number of amides is 1. The van der Waals surface area contributed by atoms with Crippen LogP contribution in [0.2, 0.25) is 5.02 Å². The second-order valence-corrected chi connectivity index (χ2v) is 7.79. The van der Waals surface area contributed by atoms with E-state index in [0.717, 1.165) is 11.1 Å². The summed E-state index contributed by atoms with van der Waals surface area (Å²) in [6.45, 7) is 0.334. The van der Waals surface area contributed by atoms with Crippen LogP contribution in [0.15, 0.2) is 84.0 Å². The van der Waals surface area contributed by atoms with E-state index >= 15 is 0 Å². The van der Waals surface area contributed by atoms with Gasteiger partial charge in [-0.1, -0.05) is 54.1 Å². The Labute approximate surface area is 206 Å². The van der Waals surface area contributed by atoms with Gasteiger partial charge in [0.15, 0.2) is 0 Å². The number of rotatable bonds is 8. The lowest BCUT2D eigenvalue weighted by atomic mass is 10.1. The molecule has 0 radical (unpaired) electrons. The number of methoxy groups -OCH3 is 1. The lowest BCUT2D eigenvalue weighted by Crippen LogP contribution is -2.18. The van der Waals surface area contributed by atoms with E-state index in [1.165, 1.54) is 13.3 Å². The fourth-order valence-corrected chi connectivity index (χ4v) is 3.35. The van der Waals surface area contributed by atoms with Crippen LogP contribution in [-0.4, -0.2) is 35.4 Å². The molecule has 0 fully saturated rings. The number of hydrogen-bond donors (Lipinski definition) is 2. The summed E-state index contributed by atoms with van der Waals surface area (Å²) in [5.41, 5.74) is 6.08. The summed E-state index contributed by atoms with van der Waals surface area (Å²) in [7, 11) is 1.32. The standard InChI is InChI=1S/C26H21ClN4O4/c1-34-26(33)18-11-9-17(10-12-18)15-28-31-25(32)24-14-23(29-30-24)19-6-4-7-21(13-19)35-16-20-5-2-3-8-22(20)27/h2-15H,16H2,1H3,(H,29,30)(H,31,32)/b28-15+. The highest BCUT2D eigenvalue weighted by atomic mass is 35.5. The zero-order valence-corrected chi connectivity index (χ0v) is 19.5. The molecule has 0 unspecified atom stereocenters. The van der Waals surface area contributed by atoms with Crippen molar-refractivity contribution >= 4 is 29.7 Å². The van der Waals surface area contributed by atoms with Crippen molar-refractivity contribution in [1.29, 1.82) is 0 Å². The normalized spacial score (nSPS) is 10.8. The molecular formula is C26H21ClN4O4. The first-order chi connectivity index (χ1) is 17.0. The Morgan fingerprint density at radius 1 is 1.06 bits per heavy atom. The molecule has 8 nitrogen and oxygen atoms in total. The number of benzene rings is 3. The monoisotopic (exact) mass is 488 g/mol. The van der Waals surface area contributed by atoms with Crippen molar-refractivity contribution < 1.29 is 19.1 Å². The highest BCUT2D eigenvalue weighted by Gasteiger charge is 2.11. The Balaban J connectivity index is 1.36. The average molecular weight is 489 g/mol. The predicted octanol–water partition coefficient (Wildman–Crippen LogP) is 4.86. The minimum atomic E-state index is -0.447. The third kappa shape index (κ3) is 6.13. The predicted molar refractivity (Wildman–Crippen MR) is 133 cm³/mol. The molecule has 0 bridgehead atoms. The zero-order chi connectivity index (χ0) is 24.6. The quantitative estimate of drug-likeness (QED) is 0.209. The third-order valence-electron chi connectivity index (χ3n) is 5.02. The fourth-order valence-electron chi connectivity index (χ4n) is 3.16. The van der Waals surface area contributed by atoms with E-state index in [1.54, 1.807) is 30.3 Å². The van der Waals surface area contributed by atoms with Gasteiger partial charge in [-0.05, 0) is 42.0 Å². The SMILES string of the molecule is COC(=O)c1ccc(/C=N/NC(=O)c2cc(-c3cccc(OCc4ccccc4Cl)c3)n[nH]2)cc1. The molecule has 0 spiro atoms. The van der Waals surface area contributed by atoms with E-state index in [1.807, 2.05) is 48.5 Å². The van der Waals surface area contributed by atoms with Gasteiger partial charge in [0.25, 0.3) is 5.91 Å². The van der Waals surface area contributed by atoms with E-state index in [2.05, 4.69) is 25.5 Å². The molecule has 1 aromatic heterocycles. The molecule has 2 N–H and O–H groups in total. The molecule has 0 saturated heterocycles. The van der Waals surface area contributed by atoms with Gasteiger partial charge in [-0.3, -0.25) is 9.89 Å². The van der Waals surface area contributed by atoms with Crippen LogP contribution < -0.4 is 10.2 Å². The molecule has 1 amide bonds. The van der Waals surface area contributed by atoms with E-state index in [0.29, 0.717) is 34.2 Å². The van der Waals surface area contributed by atoms with Crippen molar-refractivity contribution in [3.8, 4) is 17.0 Å². The van der Waals surface area contributed by atoms with Crippen LogP contribution >= 0.6 is 11.6 Å². The Morgan fingerprint density at radius 3 is 2.63 bits per heavy atom. The number of carbonyl (C=O) groups is 2. The lowest BCUT2D eigenvalue weighted by molar-refractivity contribution is 0.0600. The van der Waals surface area contributed by atoms with Gasteiger partial charge in [0.1, 0.15) is 18.1 Å². The van der Waals surface area contributed by atoms with Crippen molar-refractivity contribution in [2.24, 2.45) is 5.10 Å². The maximum atomic E-state index is 12.4. The second-order valence-electron chi connectivity index (χ2n) is 7.39. The van der Waals surface area contributed by atoms with Crippen molar-refractivity contribution in [2.75, 3.05) is 7.11 Å². The molecule has 0 saturated carbocycles. The minimum absolute atomic E-state index is 0.251. The number of hydrogen-bond acceptors (Lipinski definition) is 6. The minimum Gasteiger partial charge on any atom is -0.489 e. The Hall–Kier alpha value is -4.43. The Kier molecular flexibility index (Phi) is 7.54. The number of hydrazone groups is 1. The summed E-state index contributed by atoms with van der Waals surface area (Å²) in [5.74, 6) is -0.217. The molecule has 4 rings (SSSR count). The molecule has 0 atom stereocenters. The first-order valence-corrected chi connectivity index (χ1v) is 10.9. The maximum absolute atomic E-state index is 12.4. The summed E-state index contributed by atoms with van der Waals surface area (Å²) in [5, 5.41) is 11.5. The van der Waals surface area contributed by atoms with Gasteiger partial charge in [0.05, 0.1) is 24.6 Å². The van der Waals surface area contributed by atoms with E-state index in [9.17, 15) is 9.59 Å². The number of halogens is 1. The fraction of sp³-hybridized carbons (Fsp3) is 0.0769. The molecule has 176 valence electrons. The number of esters is 1. The Bertz CT molecular complexity index is 1370.